The molecule has 2 aromatic carbocycles. The predicted molar refractivity (Wildman–Crippen MR) is 136 cm³/mol. The molecule has 2 aliphatic rings. The third kappa shape index (κ3) is 5.42. The Morgan fingerprint density at radius 3 is 2.56 bits per heavy atom. The second-order valence-corrected chi connectivity index (χ2v) is 10.9. The molecule has 176 valence electrons. The second kappa shape index (κ2) is 10.1. The Morgan fingerprint density at radius 2 is 1.79 bits per heavy atom. The van der Waals surface area contributed by atoms with Gasteiger partial charge in [0.25, 0.3) is 11.8 Å². The quantitative estimate of drug-likeness (QED) is 0.471. The number of benzene rings is 2. The lowest BCUT2D eigenvalue weighted by Crippen LogP contribution is -2.36. The molecule has 0 spiro atoms. The van der Waals surface area contributed by atoms with E-state index in [2.05, 4.69) is 15.6 Å². The first kappa shape index (κ1) is 22.9. The average molecular weight is 495 g/mol. The number of rotatable bonds is 7. The molecule has 5 rings (SSSR count). The summed E-state index contributed by atoms with van der Waals surface area (Å²) in [6.45, 7) is 1.47. The summed E-state index contributed by atoms with van der Waals surface area (Å²) in [4.78, 5) is 44.5. The summed E-state index contributed by atoms with van der Waals surface area (Å²) in [5.41, 5.74) is 2.28. The van der Waals surface area contributed by atoms with E-state index in [0.717, 1.165) is 59.7 Å². The number of hydrogen-bond acceptors (Lipinski definition) is 6. The Kier molecular flexibility index (Phi) is 6.82. The molecule has 1 aromatic heterocycles. The van der Waals surface area contributed by atoms with Crippen molar-refractivity contribution in [3.63, 3.8) is 0 Å². The van der Waals surface area contributed by atoms with Crippen LogP contribution in [0.25, 0.3) is 10.2 Å². The number of piperidine rings is 1. The van der Waals surface area contributed by atoms with Gasteiger partial charge >= 0.3 is 0 Å². The summed E-state index contributed by atoms with van der Waals surface area (Å²) in [5.74, 6) is -0.00809. The lowest BCUT2D eigenvalue weighted by atomic mass is 10.0. The molecule has 7 nitrogen and oxygen atoms in total. The fourth-order valence-electron chi connectivity index (χ4n) is 4.00. The van der Waals surface area contributed by atoms with Crippen molar-refractivity contribution in [1.82, 2.24) is 15.2 Å². The first-order valence-corrected chi connectivity index (χ1v) is 13.4. The molecule has 2 heterocycles. The van der Waals surface area contributed by atoms with Crippen LogP contribution in [0.3, 0.4) is 0 Å². The maximum Gasteiger partial charge on any atom is 0.256 e. The monoisotopic (exact) mass is 494 g/mol. The Balaban J connectivity index is 1.27. The SMILES string of the molecule is O=C(CSc1nc2ccc(NC(=O)c3ccccc3C(=O)N3CCCCC3)cc2s1)NC1CC1. The molecule has 0 unspecified atom stereocenters. The Bertz CT molecular complexity index is 1230. The lowest BCUT2D eigenvalue weighted by Gasteiger charge is -2.27. The van der Waals surface area contributed by atoms with Crippen LogP contribution in [0.15, 0.2) is 46.8 Å². The van der Waals surface area contributed by atoms with Crippen molar-refractivity contribution in [1.29, 1.82) is 0 Å². The van der Waals surface area contributed by atoms with E-state index in [1.165, 1.54) is 23.1 Å². The van der Waals surface area contributed by atoms with E-state index in [0.29, 0.717) is 28.6 Å². The number of anilines is 1. The molecule has 0 radical (unpaired) electrons. The summed E-state index contributed by atoms with van der Waals surface area (Å²) in [5, 5.41) is 5.91. The van der Waals surface area contributed by atoms with Gasteiger partial charge in [0.15, 0.2) is 4.34 Å². The Morgan fingerprint density at radius 1 is 1.03 bits per heavy atom. The van der Waals surface area contributed by atoms with Crippen LogP contribution in [0.2, 0.25) is 0 Å². The summed E-state index contributed by atoms with van der Waals surface area (Å²) in [7, 11) is 0. The minimum atomic E-state index is -0.309. The standard InChI is InChI=1S/C25H26N4O3S2/c30-22(26-16-8-9-16)15-33-25-28-20-11-10-17(14-21(20)34-25)27-23(31)18-6-2-3-7-19(18)24(32)29-12-4-1-5-13-29/h2-3,6-7,10-11,14,16H,1,4-5,8-9,12-13,15H2,(H,26,30)(H,27,31). The second-order valence-electron chi connectivity index (χ2n) is 8.65. The van der Waals surface area contributed by atoms with Crippen molar-refractivity contribution in [2.75, 3.05) is 24.2 Å². The van der Waals surface area contributed by atoms with Crippen LogP contribution >= 0.6 is 23.1 Å². The van der Waals surface area contributed by atoms with E-state index in [1.54, 1.807) is 24.3 Å². The van der Waals surface area contributed by atoms with Gasteiger partial charge in [0.2, 0.25) is 5.91 Å². The number of fused-ring (bicyclic) bond motifs is 1. The third-order valence-electron chi connectivity index (χ3n) is 5.94. The van der Waals surface area contributed by atoms with E-state index >= 15 is 0 Å². The van der Waals surface area contributed by atoms with Crippen molar-refractivity contribution in [2.45, 2.75) is 42.5 Å². The number of carbonyl (C=O) groups excluding carboxylic acids is 3. The first-order chi connectivity index (χ1) is 16.6. The molecule has 34 heavy (non-hydrogen) atoms. The van der Waals surface area contributed by atoms with Crippen LogP contribution < -0.4 is 10.6 Å². The molecule has 1 saturated carbocycles. The van der Waals surface area contributed by atoms with Crippen LogP contribution in [0.5, 0.6) is 0 Å². The zero-order valence-corrected chi connectivity index (χ0v) is 20.3. The van der Waals surface area contributed by atoms with Crippen molar-refractivity contribution in [2.24, 2.45) is 0 Å². The minimum Gasteiger partial charge on any atom is -0.353 e. The predicted octanol–water partition coefficient (Wildman–Crippen LogP) is 4.55. The number of amides is 3. The zero-order chi connectivity index (χ0) is 23.5. The van der Waals surface area contributed by atoms with Crippen LogP contribution in [0.4, 0.5) is 5.69 Å². The van der Waals surface area contributed by atoms with Gasteiger partial charge in [-0.05, 0) is 62.4 Å². The Labute approximate surface area is 206 Å². The van der Waals surface area contributed by atoms with E-state index < -0.39 is 0 Å². The van der Waals surface area contributed by atoms with Crippen LogP contribution in [0.1, 0.15) is 52.8 Å². The molecule has 0 bridgehead atoms. The molecule has 9 heteroatoms. The smallest absolute Gasteiger partial charge is 0.256 e. The number of hydrogen-bond donors (Lipinski definition) is 2. The highest BCUT2D eigenvalue weighted by Gasteiger charge is 2.24. The fourth-order valence-corrected chi connectivity index (χ4v) is 5.92. The van der Waals surface area contributed by atoms with Gasteiger partial charge in [0, 0.05) is 24.8 Å². The number of carbonyl (C=O) groups is 3. The van der Waals surface area contributed by atoms with Gasteiger partial charge < -0.3 is 15.5 Å². The highest BCUT2D eigenvalue weighted by molar-refractivity contribution is 8.01. The van der Waals surface area contributed by atoms with Crippen molar-refractivity contribution >= 4 is 56.7 Å². The number of aromatic nitrogens is 1. The normalized spacial score (nSPS) is 15.8. The fraction of sp³-hybridized carbons (Fsp3) is 0.360. The van der Waals surface area contributed by atoms with E-state index in [4.69, 9.17) is 0 Å². The summed E-state index contributed by atoms with van der Waals surface area (Å²) in [6, 6.07) is 12.9. The summed E-state index contributed by atoms with van der Waals surface area (Å²) in [6.07, 6.45) is 5.28. The maximum atomic E-state index is 13.1. The van der Waals surface area contributed by atoms with E-state index in [1.807, 2.05) is 23.1 Å². The largest absolute Gasteiger partial charge is 0.353 e. The molecular formula is C25H26N4O3S2. The van der Waals surface area contributed by atoms with Gasteiger partial charge in [-0.3, -0.25) is 14.4 Å². The molecular weight excluding hydrogens is 468 g/mol. The van der Waals surface area contributed by atoms with Crippen molar-refractivity contribution in [3.8, 4) is 0 Å². The van der Waals surface area contributed by atoms with Gasteiger partial charge in [0.1, 0.15) is 0 Å². The first-order valence-electron chi connectivity index (χ1n) is 11.6. The van der Waals surface area contributed by atoms with E-state index in [-0.39, 0.29) is 17.7 Å². The van der Waals surface area contributed by atoms with Gasteiger partial charge in [-0.1, -0.05) is 23.9 Å². The van der Waals surface area contributed by atoms with Gasteiger partial charge in [-0.2, -0.15) is 0 Å². The number of thioether (sulfide) groups is 1. The molecule has 2 N–H and O–H groups in total. The highest BCUT2D eigenvalue weighted by atomic mass is 32.2. The molecule has 2 fully saturated rings. The minimum absolute atomic E-state index is 0.0393. The van der Waals surface area contributed by atoms with Crippen LogP contribution in [-0.2, 0) is 4.79 Å². The zero-order valence-electron chi connectivity index (χ0n) is 18.7. The molecule has 0 atom stereocenters. The number of thiazole rings is 1. The third-order valence-corrected chi connectivity index (χ3v) is 8.10. The Hall–Kier alpha value is -2.91. The molecule has 1 aliphatic carbocycles. The van der Waals surface area contributed by atoms with Crippen LogP contribution in [-0.4, -0.2) is 52.5 Å². The summed E-state index contributed by atoms with van der Waals surface area (Å²) >= 11 is 2.92. The topological polar surface area (TPSA) is 91.4 Å². The average Bonchev–Trinajstić information content (AvgIpc) is 3.58. The molecule has 1 aliphatic heterocycles. The van der Waals surface area contributed by atoms with Gasteiger partial charge in [0.05, 0.1) is 27.1 Å². The molecule has 3 amide bonds. The number of likely N-dealkylation sites (tertiary alicyclic amines) is 1. The van der Waals surface area contributed by atoms with Crippen molar-refractivity contribution in [3.05, 3.63) is 53.6 Å². The van der Waals surface area contributed by atoms with Crippen LogP contribution in [0, 0.1) is 0 Å². The highest BCUT2D eigenvalue weighted by Crippen LogP contribution is 2.31. The van der Waals surface area contributed by atoms with Gasteiger partial charge in [-0.15, -0.1) is 11.3 Å². The number of nitrogens with zero attached hydrogens (tertiary/aromatic N) is 2. The van der Waals surface area contributed by atoms with Crippen molar-refractivity contribution < 1.29 is 14.4 Å². The molecule has 1 saturated heterocycles. The maximum absolute atomic E-state index is 13.1. The number of nitrogens with one attached hydrogen (secondary N) is 2. The molecule has 3 aromatic rings. The van der Waals surface area contributed by atoms with E-state index in [9.17, 15) is 14.4 Å². The summed E-state index contributed by atoms with van der Waals surface area (Å²) < 4.78 is 1.75. The lowest BCUT2D eigenvalue weighted by molar-refractivity contribution is -0.118. The van der Waals surface area contributed by atoms with Gasteiger partial charge in [-0.25, -0.2) is 4.98 Å².